The average Bonchev–Trinajstić information content (AvgIpc) is 2.97. The molecule has 0 radical (unpaired) electrons. The van der Waals surface area contributed by atoms with Crippen LogP contribution in [0.1, 0.15) is 19.3 Å². The van der Waals surface area contributed by atoms with Gasteiger partial charge in [-0.3, -0.25) is 19.2 Å². The highest BCUT2D eigenvalue weighted by atomic mass is 35.5. The monoisotopic (exact) mass is 466 g/mol. The third kappa shape index (κ3) is 5.33. The number of aliphatic carboxylic acids is 1. The van der Waals surface area contributed by atoms with Crippen LogP contribution >= 0.6 is 35.0 Å². The summed E-state index contributed by atoms with van der Waals surface area (Å²) in [5.41, 5.74) is 0.892. The molecule has 10 heteroatoms. The van der Waals surface area contributed by atoms with Crippen LogP contribution in [0.2, 0.25) is 10.0 Å². The van der Waals surface area contributed by atoms with E-state index >= 15 is 0 Å². The lowest BCUT2D eigenvalue weighted by molar-refractivity contribution is -0.138. The number of anilines is 2. The van der Waals surface area contributed by atoms with Crippen molar-refractivity contribution in [1.29, 1.82) is 0 Å². The molecule has 30 heavy (non-hydrogen) atoms. The van der Waals surface area contributed by atoms with Crippen LogP contribution in [0.25, 0.3) is 0 Å². The van der Waals surface area contributed by atoms with E-state index in [1.54, 1.807) is 30.3 Å². The minimum Gasteiger partial charge on any atom is -0.481 e. The number of benzene rings is 2. The van der Waals surface area contributed by atoms with Gasteiger partial charge in [0, 0.05) is 23.4 Å². The van der Waals surface area contributed by atoms with Crippen molar-refractivity contribution in [2.75, 3.05) is 10.2 Å². The number of carbonyl (C=O) groups is 4. The summed E-state index contributed by atoms with van der Waals surface area (Å²) in [4.78, 5) is 49.2. The van der Waals surface area contributed by atoms with Crippen molar-refractivity contribution in [3.05, 3.63) is 52.5 Å². The van der Waals surface area contributed by atoms with E-state index in [9.17, 15) is 19.2 Å². The maximum Gasteiger partial charge on any atom is 0.303 e. The minimum atomic E-state index is -1.04. The fourth-order valence-corrected chi connectivity index (χ4v) is 4.16. The molecule has 2 aromatic carbocycles. The van der Waals surface area contributed by atoms with Crippen LogP contribution in [0.5, 0.6) is 0 Å². The van der Waals surface area contributed by atoms with E-state index in [0.29, 0.717) is 16.4 Å². The van der Waals surface area contributed by atoms with Gasteiger partial charge in [-0.2, -0.15) is 0 Å². The van der Waals surface area contributed by atoms with Crippen molar-refractivity contribution in [3.63, 3.8) is 0 Å². The Balaban J connectivity index is 1.63. The summed E-state index contributed by atoms with van der Waals surface area (Å²) in [5.74, 6) is -2.10. The molecule has 1 heterocycles. The molecule has 0 bridgehead atoms. The maximum atomic E-state index is 12.8. The Bertz CT molecular complexity index is 1010. The molecule has 2 aromatic rings. The van der Waals surface area contributed by atoms with Crippen molar-refractivity contribution in [1.82, 2.24) is 0 Å². The number of nitrogens with zero attached hydrogens (tertiary/aromatic N) is 1. The SMILES string of the molecule is O=C(O)CCC(=O)Nc1ccc(S[C@@H]2CC(=O)N(c3ccc(Cl)c(Cl)c3)C2=O)cc1. The van der Waals surface area contributed by atoms with Crippen LogP contribution in [0, 0.1) is 0 Å². The maximum absolute atomic E-state index is 12.8. The van der Waals surface area contributed by atoms with Gasteiger partial charge in [-0.05, 0) is 42.5 Å². The number of carbonyl (C=O) groups excluding carboxylic acids is 3. The van der Waals surface area contributed by atoms with Gasteiger partial charge in [0.25, 0.3) is 0 Å². The number of thioether (sulfide) groups is 1. The fourth-order valence-electron chi connectivity index (χ4n) is 2.82. The van der Waals surface area contributed by atoms with E-state index < -0.39 is 17.1 Å². The summed E-state index contributed by atoms with van der Waals surface area (Å²) in [7, 11) is 0. The zero-order valence-electron chi connectivity index (χ0n) is 15.4. The van der Waals surface area contributed by atoms with Crippen LogP contribution in [0.15, 0.2) is 47.4 Å². The van der Waals surface area contributed by atoms with E-state index in [-0.39, 0.29) is 36.1 Å². The Kier molecular flexibility index (Phi) is 7.02. The van der Waals surface area contributed by atoms with Gasteiger partial charge in [0.15, 0.2) is 0 Å². The zero-order chi connectivity index (χ0) is 21.8. The van der Waals surface area contributed by atoms with Crippen molar-refractivity contribution in [2.24, 2.45) is 0 Å². The van der Waals surface area contributed by atoms with Gasteiger partial charge in [-0.25, -0.2) is 4.90 Å². The summed E-state index contributed by atoms with van der Waals surface area (Å²) in [6, 6.07) is 11.3. The molecule has 3 amide bonds. The smallest absolute Gasteiger partial charge is 0.303 e. The second-order valence-electron chi connectivity index (χ2n) is 6.44. The molecule has 7 nitrogen and oxygen atoms in total. The number of halogens is 2. The first-order valence-electron chi connectivity index (χ1n) is 8.85. The molecule has 3 rings (SSSR count). The average molecular weight is 467 g/mol. The first-order chi connectivity index (χ1) is 14.2. The molecular formula is C20H16Cl2N2O5S. The van der Waals surface area contributed by atoms with Crippen LogP contribution in [0.4, 0.5) is 11.4 Å². The van der Waals surface area contributed by atoms with E-state index in [0.717, 1.165) is 9.80 Å². The van der Waals surface area contributed by atoms with Crippen LogP contribution in [-0.2, 0) is 19.2 Å². The lowest BCUT2D eigenvalue weighted by Crippen LogP contribution is -2.31. The number of carboxylic acids is 1. The molecule has 0 unspecified atom stereocenters. The minimum absolute atomic E-state index is 0.0530. The molecule has 1 aliphatic heterocycles. The summed E-state index contributed by atoms with van der Waals surface area (Å²) in [6.07, 6.45) is -0.306. The number of carboxylic acid groups (broad SMARTS) is 1. The molecule has 156 valence electrons. The Morgan fingerprint density at radius 1 is 1.07 bits per heavy atom. The first-order valence-corrected chi connectivity index (χ1v) is 10.5. The van der Waals surface area contributed by atoms with E-state index in [1.165, 1.54) is 23.9 Å². The van der Waals surface area contributed by atoms with Crippen LogP contribution in [-0.4, -0.2) is 34.0 Å². The molecular weight excluding hydrogens is 451 g/mol. The van der Waals surface area contributed by atoms with E-state index in [2.05, 4.69) is 5.32 Å². The normalized spacial score (nSPS) is 16.1. The number of amides is 3. The fraction of sp³-hybridized carbons (Fsp3) is 0.200. The highest BCUT2D eigenvalue weighted by Gasteiger charge is 2.40. The molecule has 0 spiro atoms. The van der Waals surface area contributed by atoms with Gasteiger partial charge in [-0.1, -0.05) is 23.2 Å². The summed E-state index contributed by atoms with van der Waals surface area (Å²) >= 11 is 13.1. The number of imide groups is 1. The Morgan fingerprint density at radius 2 is 1.77 bits per heavy atom. The van der Waals surface area contributed by atoms with Crippen LogP contribution in [0.3, 0.4) is 0 Å². The number of nitrogens with one attached hydrogen (secondary N) is 1. The van der Waals surface area contributed by atoms with Gasteiger partial charge in [0.2, 0.25) is 17.7 Å². The Hall–Kier alpha value is -2.55. The van der Waals surface area contributed by atoms with Crippen molar-refractivity contribution >= 4 is 70.0 Å². The Labute approximate surface area is 186 Å². The number of hydrogen-bond donors (Lipinski definition) is 2. The predicted molar refractivity (Wildman–Crippen MR) is 115 cm³/mol. The molecule has 1 saturated heterocycles. The lowest BCUT2D eigenvalue weighted by atomic mass is 10.2. The third-order valence-electron chi connectivity index (χ3n) is 4.25. The van der Waals surface area contributed by atoms with Gasteiger partial charge in [0.1, 0.15) is 0 Å². The second kappa shape index (κ2) is 9.51. The lowest BCUT2D eigenvalue weighted by Gasteiger charge is -2.15. The number of hydrogen-bond acceptors (Lipinski definition) is 5. The van der Waals surface area contributed by atoms with Crippen molar-refractivity contribution in [3.8, 4) is 0 Å². The zero-order valence-corrected chi connectivity index (χ0v) is 17.8. The molecule has 0 aliphatic carbocycles. The van der Waals surface area contributed by atoms with Crippen LogP contribution < -0.4 is 10.2 Å². The Morgan fingerprint density at radius 3 is 2.40 bits per heavy atom. The topological polar surface area (TPSA) is 104 Å². The highest BCUT2D eigenvalue weighted by molar-refractivity contribution is 8.00. The predicted octanol–water partition coefficient (Wildman–Crippen LogP) is 4.22. The first kappa shape index (κ1) is 22.1. The van der Waals surface area contributed by atoms with Gasteiger partial charge >= 0.3 is 5.97 Å². The van der Waals surface area contributed by atoms with Gasteiger partial charge in [-0.15, -0.1) is 11.8 Å². The molecule has 2 N–H and O–H groups in total. The quantitative estimate of drug-likeness (QED) is 0.591. The molecule has 0 saturated carbocycles. The molecule has 1 aliphatic rings. The third-order valence-corrected chi connectivity index (χ3v) is 6.19. The van der Waals surface area contributed by atoms with Gasteiger partial charge < -0.3 is 10.4 Å². The van der Waals surface area contributed by atoms with Gasteiger partial charge in [0.05, 0.1) is 27.4 Å². The van der Waals surface area contributed by atoms with Crippen molar-refractivity contribution < 1.29 is 24.3 Å². The molecule has 0 aromatic heterocycles. The standard InChI is InChI=1S/C20H16Cl2N2O5S/c21-14-6-3-12(9-15(14)22)24-18(26)10-16(20(24)29)30-13-4-1-11(2-5-13)23-17(25)7-8-19(27)28/h1-6,9,16H,7-8,10H2,(H,23,25)(H,27,28)/t16-/m1/s1. The number of rotatable bonds is 7. The second-order valence-corrected chi connectivity index (χ2v) is 8.53. The summed E-state index contributed by atoms with van der Waals surface area (Å²) in [5, 5.41) is 11.2. The molecule has 1 atom stereocenters. The summed E-state index contributed by atoms with van der Waals surface area (Å²) in [6.45, 7) is 0. The highest BCUT2D eigenvalue weighted by Crippen LogP contribution is 2.36. The largest absolute Gasteiger partial charge is 0.481 e. The van der Waals surface area contributed by atoms with E-state index in [1.807, 2.05) is 0 Å². The van der Waals surface area contributed by atoms with Crippen molar-refractivity contribution in [2.45, 2.75) is 29.4 Å². The van der Waals surface area contributed by atoms with E-state index in [4.69, 9.17) is 28.3 Å². The molecule has 1 fully saturated rings. The summed E-state index contributed by atoms with van der Waals surface area (Å²) < 4.78 is 0.